The van der Waals surface area contributed by atoms with Crippen LogP contribution in [0.1, 0.15) is 0 Å². The highest BCUT2D eigenvalue weighted by Crippen LogP contribution is 2.26. The summed E-state index contributed by atoms with van der Waals surface area (Å²) in [7, 11) is 1.58. The Balaban J connectivity index is 1.64. The number of para-hydroxylation sites is 2. The number of rotatable bonds is 6. The molecule has 3 aromatic carbocycles. The lowest BCUT2D eigenvalue weighted by atomic mass is 10.2. The van der Waals surface area contributed by atoms with Crippen molar-refractivity contribution in [3.05, 3.63) is 88.2 Å². The molecular weight excluding hydrogens is 434 g/mol. The van der Waals surface area contributed by atoms with E-state index in [9.17, 15) is 9.59 Å². The van der Waals surface area contributed by atoms with E-state index in [0.29, 0.717) is 38.2 Å². The van der Waals surface area contributed by atoms with Crippen molar-refractivity contribution in [2.24, 2.45) is 0 Å². The second-order valence-electron chi connectivity index (χ2n) is 6.57. The Bertz CT molecular complexity index is 1310. The standard InChI is InChI=1S/C23H18ClN3O3S/c1-30-16-12-10-15(11-13-16)25-21(28)14-31-23-26-19-8-4-2-6-17(19)22(29)27(23)20-9-5-3-7-18(20)24/h2-13H,14H2,1H3,(H,25,28). The summed E-state index contributed by atoms with van der Waals surface area (Å²) < 4.78 is 6.58. The van der Waals surface area contributed by atoms with Gasteiger partial charge in [-0.15, -0.1) is 0 Å². The minimum Gasteiger partial charge on any atom is -0.497 e. The number of fused-ring (bicyclic) bond motifs is 1. The van der Waals surface area contributed by atoms with Crippen molar-refractivity contribution in [1.82, 2.24) is 9.55 Å². The van der Waals surface area contributed by atoms with Gasteiger partial charge in [0, 0.05) is 5.69 Å². The summed E-state index contributed by atoms with van der Waals surface area (Å²) in [6.07, 6.45) is 0. The highest BCUT2D eigenvalue weighted by atomic mass is 35.5. The van der Waals surface area contributed by atoms with Crippen LogP contribution in [0.4, 0.5) is 5.69 Å². The van der Waals surface area contributed by atoms with Gasteiger partial charge in [-0.1, -0.05) is 47.6 Å². The van der Waals surface area contributed by atoms with E-state index in [4.69, 9.17) is 16.3 Å². The Labute approximate surface area is 187 Å². The maximum absolute atomic E-state index is 13.2. The Hall–Kier alpha value is -3.29. The highest BCUT2D eigenvalue weighted by molar-refractivity contribution is 7.99. The van der Waals surface area contributed by atoms with E-state index in [1.807, 2.05) is 6.07 Å². The van der Waals surface area contributed by atoms with Crippen molar-refractivity contribution in [3.63, 3.8) is 0 Å². The van der Waals surface area contributed by atoms with E-state index in [0.717, 1.165) is 0 Å². The lowest BCUT2D eigenvalue weighted by Crippen LogP contribution is -2.23. The van der Waals surface area contributed by atoms with Crippen LogP contribution in [0.25, 0.3) is 16.6 Å². The number of hydrogen-bond donors (Lipinski definition) is 1. The normalized spacial score (nSPS) is 10.8. The van der Waals surface area contributed by atoms with Crippen molar-refractivity contribution >= 4 is 45.9 Å². The van der Waals surface area contributed by atoms with E-state index in [-0.39, 0.29) is 17.2 Å². The first-order valence-electron chi connectivity index (χ1n) is 9.40. The topological polar surface area (TPSA) is 73.2 Å². The number of amides is 1. The van der Waals surface area contributed by atoms with Gasteiger partial charge in [0.05, 0.1) is 34.5 Å². The molecule has 156 valence electrons. The van der Waals surface area contributed by atoms with Crippen molar-refractivity contribution in [2.75, 3.05) is 18.2 Å². The molecule has 0 saturated carbocycles. The Morgan fingerprint density at radius 2 is 1.77 bits per heavy atom. The van der Waals surface area contributed by atoms with Crippen LogP contribution in [-0.4, -0.2) is 28.3 Å². The van der Waals surface area contributed by atoms with Crippen LogP contribution < -0.4 is 15.6 Å². The predicted molar refractivity (Wildman–Crippen MR) is 125 cm³/mol. The first-order valence-corrected chi connectivity index (χ1v) is 10.8. The molecule has 31 heavy (non-hydrogen) atoms. The number of aromatic nitrogens is 2. The molecule has 0 radical (unpaired) electrons. The number of methoxy groups -OCH3 is 1. The summed E-state index contributed by atoms with van der Waals surface area (Å²) >= 11 is 7.53. The molecule has 8 heteroatoms. The molecule has 4 aromatic rings. The van der Waals surface area contributed by atoms with Crippen LogP contribution in [0.2, 0.25) is 5.02 Å². The zero-order valence-corrected chi connectivity index (χ0v) is 18.1. The fraction of sp³-hybridized carbons (Fsp3) is 0.0870. The van der Waals surface area contributed by atoms with E-state index >= 15 is 0 Å². The molecule has 0 fully saturated rings. The van der Waals surface area contributed by atoms with Gasteiger partial charge in [0.1, 0.15) is 5.75 Å². The van der Waals surface area contributed by atoms with Gasteiger partial charge in [-0.05, 0) is 48.5 Å². The summed E-state index contributed by atoms with van der Waals surface area (Å²) in [6.45, 7) is 0. The number of thioether (sulfide) groups is 1. The van der Waals surface area contributed by atoms with Gasteiger partial charge in [-0.25, -0.2) is 4.98 Å². The van der Waals surface area contributed by atoms with Crippen LogP contribution in [0.5, 0.6) is 5.75 Å². The molecule has 4 rings (SSSR count). The molecule has 1 N–H and O–H groups in total. The van der Waals surface area contributed by atoms with Crippen molar-refractivity contribution in [1.29, 1.82) is 0 Å². The first-order chi connectivity index (χ1) is 15.1. The third-order valence-electron chi connectivity index (χ3n) is 4.54. The van der Waals surface area contributed by atoms with Crippen molar-refractivity contribution in [2.45, 2.75) is 5.16 Å². The molecule has 0 saturated heterocycles. The molecule has 0 aliphatic carbocycles. The number of nitrogens with one attached hydrogen (secondary N) is 1. The van der Waals surface area contributed by atoms with Crippen molar-refractivity contribution < 1.29 is 9.53 Å². The van der Waals surface area contributed by atoms with Crippen LogP contribution >= 0.6 is 23.4 Å². The third kappa shape index (κ3) is 4.57. The summed E-state index contributed by atoms with van der Waals surface area (Å²) in [5.41, 5.74) is 1.50. The van der Waals surface area contributed by atoms with E-state index in [2.05, 4.69) is 10.3 Å². The van der Waals surface area contributed by atoms with Crippen LogP contribution in [0.3, 0.4) is 0 Å². The third-order valence-corrected chi connectivity index (χ3v) is 5.80. The van der Waals surface area contributed by atoms with Crippen LogP contribution in [0, 0.1) is 0 Å². The average molecular weight is 452 g/mol. The maximum Gasteiger partial charge on any atom is 0.266 e. The summed E-state index contributed by atoms with van der Waals surface area (Å²) in [4.78, 5) is 30.4. The van der Waals surface area contributed by atoms with Gasteiger partial charge in [0.25, 0.3) is 5.56 Å². The smallest absolute Gasteiger partial charge is 0.266 e. The number of benzene rings is 3. The number of hydrogen-bond acceptors (Lipinski definition) is 5. The molecule has 1 aromatic heterocycles. The van der Waals surface area contributed by atoms with Crippen LogP contribution in [0.15, 0.2) is 82.7 Å². The van der Waals surface area contributed by atoms with Crippen LogP contribution in [-0.2, 0) is 4.79 Å². The summed E-state index contributed by atoms with van der Waals surface area (Å²) in [6, 6.07) is 21.2. The fourth-order valence-corrected chi connectivity index (χ4v) is 4.08. The molecule has 0 aliphatic heterocycles. The SMILES string of the molecule is COc1ccc(NC(=O)CSc2nc3ccccc3c(=O)n2-c2ccccc2Cl)cc1. The molecule has 0 aliphatic rings. The number of ether oxygens (including phenoxy) is 1. The number of halogens is 1. The molecule has 1 amide bonds. The number of carbonyl (C=O) groups excluding carboxylic acids is 1. The predicted octanol–water partition coefficient (Wildman–Crippen LogP) is 4.78. The minimum absolute atomic E-state index is 0.0707. The Morgan fingerprint density at radius 3 is 2.52 bits per heavy atom. The monoisotopic (exact) mass is 451 g/mol. The van der Waals surface area contributed by atoms with Gasteiger partial charge in [0.2, 0.25) is 5.91 Å². The molecule has 0 unspecified atom stereocenters. The number of anilines is 1. The lowest BCUT2D eigenvalue weighted by Gasteiger charge is -2.14. The van der Waals surface area contributed by atoms with Gasteiger partial charge < -0.3 is 10.1 Å². The number of carbonyl (C=O) groups is 1. The van der Waals surface area contributed by atoms with Gasteiger partial charge in [-0.3, -0.25) is 14.2 Å². The highest BCUT2D eigenvalue weighted by Gasteiger charge is 2.16. The van der Waals surface area contributed by atoms with E-state index < -0.39 is 0 Å². The summed E-state index contributed by atoms with van der Waals surface area (Å²) in [5, 5.41) is 4.12. The van der Waals surface area contributed by atoms with Crippen molar-refractivity contribution in [3.8, 4) is 11.4 Å². The first kappa shape index (κ1) is 21.0. The largest absolute Gasteiger partial charge is 0.497 e. The lowest BCUT2D eigenvalue weighted by molar-refractivity contribution is -0.113. The Morgan fingerprint density at radius 1 is 1.06 bits per heavy atom. The molecule has 6 nitrogen and oxygen atoms in total. The van der Waals surface area contributed by atoms with E-state index in [1.165, 1.54) is 16.3 Å². The molecule has 1 heterocycles. The van der Waals surface area contributed by atoms with E-state index in [1.54, 1.807) is 73.8 Å². The molecular formula is C23H18ClN3O3S. The summed E-state index contributed by atoms with van der Waals surface area (Å²) in [5.74, 6) is 0.557. The van der Waals surface area contributed by atoms with Gasteiger partial charge in [0.15, 0.2) is 5.16 Å². The molecule has 0 spiro atoms. The fourth-order valence-electron chi connectivity index (χ4n) is 3.06. The Kier molecular flexibility index (Phi) is 6.25. The quantitative estimate of drug-likeness (QED) is 0.337. The minimum atomic E-state index is -0.239. The van der Waals surface area contributed by atoms with Gasteiger partial charge in [-0.2, -0.15) is 0 Å². The second-order valence-corrected chi connectivity index (χ2v) is 7.92. The zero-order valence-electron chi connectivity index (χ0n) is 16.5. The number of nitrogens with zero attached hydrogens (tertiary/aromatic N) is 2. The maximum atomic E-state index is 13.2. The zero-order chi connectivity index (χ0) is 21.8. The molecule has 0 bridgehead atoms. The second kappa shape index (κ2) is 9.24. The average Bonchev–Trinajstić information content (AvgIpc) is 2.79. The van der Waals surface area contributed by atoms with Gasteiger partial charge >= 0.3 is 0 Å². The molecule has 0 atom stereocenters.